The third kappa shape index (κ3) is 4.66. The van der Waals surface area contributed by atoms with Crippen molar-refractivity contribution in [2.24, 2.45) is 0 Å². The van der Waals surface area contributed by atoms with Crippen LogP contribution in [0.2, 0.25) is 0 Å². The van der Waals surface area contributed by atoms with Crippen LogP contribution in [0.4, 0.5) is 0 Å². The molecule has 0 aliphatic heterocycles. The quantitative estimate of drug-likeness (QED) is 0.175. The Hall–Kier alpha value is -7.17. The van der Waals surface area contributed by atoms with Crippen LogP contribution in [0.15, 0.2) is 182 Å². The highest BCUT2D eigenvalue weighted by molar-refractivity contribution is 6.20. The molecule has 0 bridgehead atoms. The number of nitrogens with zero attached hydrogens (tertiary/aromatic N) is 4. The Bertz CT molecular complexity index is 3190. The summed E-state index contributed by atoms with van der Waals surface area (Å²) in [6, 6.07) is 64.5. The number of fused-ring (bicyclic) bond motifs is 9. The first kappa shape index (κ1) is 29.5. The third-order valence-corrected chi connectivity index (χ3v) is 10.6. The van der Waals surface area contributed by atoms with Crippen LogP contribution in [-0.2, 0) is 0 Å². The molecule has 246 valence electrons. The smallest absolute Gasteiger partial charge is 0.166 e. The topological polar surface area (TPSA) is 43.6 Å². The van der Waals surface area contributed by atoms with Crippen LogP contribution in [0.25, 0.3) is 105 Å². The second kappa shape index (κ2) is 11.7. The van der Waals surface area contributed by atoms with Crippen LogP contribution in [0.1, 0.15) is 0 Å². The molecular formula is C49H30N4. The van der Waals surface area contributed by atoms with E-state index in [-0.39, 0.29) is 0 Å². The van der Waals surface area contributed by atoms with Crippen molar-refractivity contribution in [3.63, 3.8) is 0 Å². The van der Waals surface area contributed by atoms with E-state index in [1.165, 1.54) is 43.1 Å². The Morgan fingerprint density at radius 2 is 0.830 bits per heavy atom. The summed E-state index contributed by atoms with van der Waals surface area (Å²) >= 11 is 0. The van der Waals surface area contributed by atoms with Gasteiger partial charge in [0.15, 0.2) is 17.5 Å². The summed E-state index contributed by atoms with van der Waals surface area (Å²) in [5, 5.41) is 11.8. The monoisotopic (exact) mass is 674 g/mol. The maximum absolute atomic E-state index is 5.39. The summed E-state index contributed by atoms with van der Waals surface area (Å²) < 4.78 is 2.34. The van der Waals surface area contributed by atoms with Crippen molar-refractivity contribution in [1.29, 1.82) is 0 Å². The molecule has 0 amide bonds. The van der Waals surface area contributed by atoms with E-state index in [4.69, 9.17) is 15.0 Å². The van der Waals surface area contributed by atoms with Gasteiger partial charge in [0.25, 0.3) is 0 Å². The zero-order valence-electron chi connectivity index (χ0n) is 28.6. The Balaban J connectivity index is 1.23. The first-order valence-corrected chi connectivity index (χ1v) is 18.0. The predicted octanol–water partition coefficient (Wildman–Crippen LogP) is 12.6. The van der Waals surface area contributed by atoms with E-state index in [0.29, 0.717) is 17.5 Å². The van der Waals surface area contributed by atoms with Crippen LogP contribution in [0.3, 0.4) is 0 Å². The molecule has 0 atom stereocenters. The second-order valence-corrected chi connectivity index (χ2v) is 13.6. The Morgan fingerprint density at radius 1 is 0.302 bits per heavy atom. The zero-order valence-corrected chi connectivity index (χ0v) is 28.6. The molecule has 0 radical (unpaired) electrons. The van der Waals surface area contributed by atoms with E-state index in [9.17, 15) is 0 Å². The van der Waals surface area contributed by atoms with Gasteiger partial charge in [-0.2, -0.15) is 0 Å². The fourth-order valence-corrected chi connectivity index (χ4v) is 8.16. The van der Waals surface area contributed by atoms with E-state index < -0.39 is 0 Å². The minimum atomic E-state index is 0.623. The van der Waals surface area contributed by atoms with Gasteiger partial charge in [-0.05, 0) is 79.5 Å². The minimum absolute atomic E-state index is 0.623. The molecule has 11 aromatic rings. The lowest BCUT2D eigenvalue weighted by molar-refractivity contribution is 1.07. The average molecular weight is 675 g/mol. The highest BCUT2D eigenvalue weighted by Gasteiger charge is 2.20. The summed E-state index contributed by atoms with van der Waals surface area (Å²) in [5.41, 5.74) is 6.14. The fourth-order valence-electron chi connectivity index (χ4n) is 8.16. The molecule has 2 aromatic heterocycles. The number of aromatic nitrogens is 4. The van der Waals surface area contributed by atoms with Crippen LogP contribution in [0.5, 0.6) is 0 Å². The normalized spacial score (nSPS) is 11.8. The molecule has 4 heteroatoms. The van der Waals surface area contributed by atoms with Crippen molar-refractivity contribution in [2.75, 3.05) is 0 Å². The Kier molecular flexibility index (Phi) is 6.52. The van der Waals surface area contributed by atoms with Crippen molar-refractivity contribution in [1.82, 2.24) is 19.5 Å². The van der Waals surface area contributed by atoms with E-state index in [0.717, 1.165) is 44.2 Å². The maximum atomic E-state index is 5.39. The number of hydrogen-bond donors (Lipinski definition) is 0. The number of para-hydroxylation sites is 3. The van der Waals surface area contributed by atoms with Crippen LogP contribution in [-0.4, -0.2) is 19.5 Å². The highest BCUT2D eigenvalue weighted by atomic mass is 15.1. The molecule has 9 aromatic carbocycles. The summed E-state index contributed by atoms with van der Waals surface area (Å²) in [6.45, 7) is 0. The lowest BCUT2D eigenvalue weighted by Crippen LogP contribution is -2.04. The Labute approximate surface area is 305 Å². The van der Waals surface area contributed by atoms with Gasteiger partial charge < -0.3 is 4.57 Å². The maximum Gasteiger partial charge on any atom is 0.166 e. The zero-order chi connectivity index (χ0) is 34.9. The largest absolute Gasteiger partial charge is 0.309 e. The second-order valence-electron chi connectivity index (χ2n) is 13.6. The summed E-state index contributed by atoms with van der Waals surface area (Å²) in [6.07, 6.45) is 0. The molecule has 0 unspecified atom stereocenters. The van der Waals surface area contributed by atoms with E-state index >= 15 is 0 Å². The van der Waals surface area contributed by atoms with Gasteiger partial charge in [-0.15, -0.1) is 0 Å². The van der Waals surface area contributed by atoms with E-state index in [1.807, 2.05) is 0 Å². The molecule has 2 heterocycles. The molecule has 53 heavy (non-hydrogen) atoms. The summed E-state index contributed by atoms with van der Waals surface area (Å²) in [4.78, 5) is 16.0. The van der Waals surface area contributed by atoms with Crippen molar-refractivity contribution < 1.29 is 0 Å². The van der Waals surface area contributed by atoms with E-state index in [2.05, 4.69) is 187 Å². The third-order valence-electron chi connectivity index (χ3n) is 10.6. The summed E-state index contributed by atoms with van der Waals surface area (Å²) in [5.74, 6) is 1.90. The SMILES string of the molecule is c1ccc(-n2c3ccccc3c3ccccc32)c(-c2nc(-c3ccc4ccccc4c3)nc(-c3cc4c5ccccc5ccc4c4ccccc34)n2)c1. The van der Waals surface area contributed by atoms with Gasteiger partial charge in [0.2, 0.25) is 0 Å². The Morgan fingerprint density at radius 3 is 1.60 bits per heavy atom. The van der Waals surface area contributed by atoms with Crippen LogP contribution < -0.4 is 0 Å². The van der Waals surface area contributed by atoms with Gasteiger partial charge in [0, 0.05) is 27.5 Å². The van der Waals surface area contributed by atoms with Gasteiger partial charge in [-0.3, -0.25) is 0 Å². The van der Waals surface area contributed by atoms with Crippen LogP contribution >= 0.6 is 0 Å². The average Bonchev–Trinajstić information content (AvgIpc) is 3.57. The number of hydrogen-bond acceptors (Lipinski definition) is 3. The molecule has 0 spiro atoms. The van der Waals surface area contributed by atoms with Gasteiger partial charge in [0.05, 0.1) is 16.7 Å². The molecule has 0 aliphatic carbocycles. The van der Waals surface area contributed by atoms with Crippen molar-refractivity contribution in [2.45, 2.75) is 0 Å². The molecular weight excluding hydrogens is 645 g/mol. The molecule has 0 saturated heterocycles. The van der Waals surface area contributed by atoms with Crippen molar-refractivity contribution in [3.05, 3.63) is 182 Å². The number of benzene rings is 9. The highest BCUT2D eigenvalue weighted by Crippen LogP contribution is 2.40. The molecule has 0 saturated carbocycles. The minimum Gasteiger partial charge on any atom is -0.309 e. The fraction of sp³-hybridized carbons (Fsp3) is 0. The van der Waals surface area contributed by atoms with Crippen LogP contribution in [0, 0.1) is 0 Å². The van der Waals surface area contributed by atoms with E-state index in [1.54, 1.807) is 0 Å². The van der Waals surface area contributed by atoms with Crippen molar-refractivity contribution >= 4 is 64.9 Å². The molecule has 0 fully saturated rings. The van der Waals surface area contributed by atoms with Gasteiger partial charge >= 0.3 is 0 Å². The first-order valence-electron chi connectivity index (χ1n) is 18.0. The lowest BCUT2D eigenvalue weighted by atomic mass is 9.93. The standard InChI is InChI=1S/C49H30N4/c1-2-15-33-29-34(26-25-31(33)13-1)47-50-48(41-21-9-12-24-46(41)53-44-22-10-7-19-39(44)40-20-8-11-23-45(40)53)52-49(51-47)43-30-42-35-16-4-3-14-32(35)27-28-38(42)36-17-5-6-18-37(36)43/h1-30H. The molecule has 4 nitrogen and oxygen atoms in total. The first-order chi connectivity index (χ1) is 26.3. The molecule has 11 rings (SSSR count). The summed E-state index contributed by atoms with van der Waals surface area (Å²) in [7, 11) is 0. The van der Waals surface area contributed by atoms with Gasteiger partial charge in [-0.25, -0.2) is 15.0 Å². The molecule has 0 N–H and O–H groups in total. The van der Waals surface area contributed by atoms with Gasteiger partial charge in [-0.1, -0.05) is 146 Å². The lowest BCUT2D eigenvalue weighted by Gasteiger charge is -2.16. The van der Waals surface area contributed by atoms with Gasteiger partial charge in [0.1, 0.15) is 0 Å². The molecule has 0 aliphatic rings. The van der Waals surface area contributed by atoms with Crippen molar-refractivity contribution in [3.8, 4) is 39.9 Å². The predicted molar refractivity (Wildman–Crippen MR) is 220 cm³/mol. The number of rotatable bonds is 4.